The van der Waals surface area contributed by atoms with E-state index in [0.717, 1.165) is 11.3 Å². The lowest BCUT2D eigenvalue weighted by molar-refractivity contribution is 0.316. The van der Waals surface area contributed by atoms with Gasteiger partial charge in [0.2, 0.25) is 0 Å². The van der Waals surface area contributed by atoms with Crippen LogP contribution in [0, 0.1) is 5.82 Å². The monoisotopic (exact) mass is 272 g/mol. The maximum absolute atomic E-state index is 13.1. The van der Waals surface area contributed by atoms with Crippen molar-refractivity contribution in [2.75, 3.05) is 17.6 Å². The Labute approximate surface area is 114 Å². The van der Waals surface area contributed by atoms with Gasteiger partial charge in [0.15, 0.2) is 11.0 Å². The molecule has 0 aliphatic heterocycles. The Morgan fingerprint density at radius 1 is 1.15 bits per heavy atom. The molecule has 0 amide bonds. The molecule has 5 nitrogen and oxygen atoms in total. The molecule has 1 heterocycles. The van der Waals surface area contributed by atoms with Crippen LogP contribution in [0.3, 0.4) is 0 Å². The molecule has 1 aromatic heterocycles. The lowest BCUT2D eigenvalue weighted by Crippen LogP contribution is -2.05. The number of anilines is 2. The first-order chi connectivity index (χ1) is 9.74. The van der Waals surface area contributed by atoms with E-state index in [1.54, 1.807) is 12.1 Å². The molecule has 0 aliphatic carbocycles. The van der Waals surface area contributed by atoms with E-state index in [9.17, 15) is 4.39 Å². The summed E-state index contributed by atoms with van der Waals surface area (Å²) < 4.78 is 17.8. The molecule has 0 bridgehead atoms. The number of aromatic nitrogens is 2. The molecular weight excluding hydrogens is 259 g/mol. The van der Waals surface area contributed by atoms with Crippen LogP contribution in [0.25, 0.3) is 11.0 Å². The topological polar surface area (TPSA) is 77.0 Å². The van der Waals surface area contributed by atoms with Gasteiger partial charge in [0.1, 0.15) is 5.82 Å². The summed E-state index contributed by atoms with van der Waals surface area (Å²) >= 11 is 0. The van der Waals surface area contributed by atoms with Crippen molar-refractivity contribution in [2.45, 2.75) is 6.42 Å². The number of fused-ring (bicyclic) bond motifs is 1. The molecule has 3 rings (SSSR count). The van der Waals surface area contributed by atoms with Crippen molar-refractivity contribution in [3.8, 4) is 0 Å². The number of hydrogen-bond donors (Lipinski definition) is 2. The first-order valence-corrected chi connectivity index (χ1v) is 6.23. The lowest BCUT2D eigenvalue weighted by atomic mass is 10.1. The average molecular weight is 272 g/mol. The normalized spacial score (nSPS) is 10.8. The molecule has 3 aromatic rings. The number of nitrogen functional groups attached to an aromatic ring is 1. The lowest BCUT2D eigenvalue weighted by Gasteiger charge is -2.07. The highest BCUT2D eigenvalue weighted by molar-refractivity contribution is 5.94. The number of halogens is 1. The van der Waals surface area contributed by atoms with Gasteiger partial charge in [0.05, 0.1) is 11.4 Å². The minimum atomic E-state index is -0.224. The van der Waals surface area contributed by atoms with Gasteiger partial charge in [-0.1, -0.05) is 12.1 Å². The maximum atomic E-state index is 13.1. The molecule has 0 spiro atoms. The molecule has 0 unspecified atom stereocenters. The van der Waals surface area contributed by atoms with Gasteiger partial charge < -0.3 is 11.1 Å². The van der Waals surface area contributed by atoms with Crippen molar-refractivity contribution < 1.29 is 9.02 Å². The highest BCUT2D eigenvalue weighted by atomic mass is 19.1. The molecule has 0 atom stereocenters. The summed E-state index contributed by atoms with van der Waals surface area (Å²) in [5, 5.41) is 10.8. The molecule has 3 N–H and O–H groups in total. The Kier molecular flexibility index (Phi) is 3.20. The second-order valence-electron chi connectivity index (χ2n) is 4.47. The van der Waals surface area contributed by atoms with Crippen molar-refractivity contribution in [2.24, 2.45) is 0 Å². The van der Waals surface area contributed by atoms with Gasteiger partial charge >= 0.3 is 0 Å². The first-order valence-electron chi connectivity index (χ1n) is 6.23. The number of nitrogens with one attached hydrogen (secondary N) is 1. The van der Waals surface area contributed by atoms with Crippen LogP contribution in [0.5, 0.6) is 0 Å². The third-order valence-corrected chi connectivity index (χ3v) is 3.06. The van der Waals surface area contributed by atoms with Crippen LogP contribution in [0.4, 0.5) is 15.8 Å². The van der Waals surface area contributed by atoms with Crippen LogP contribution in [-0.2, 0) is 6.42 Å². The van der Waals surface area contributed by atoms with Gasteiger partial charge in [0, 0.05) is 6.54 Å². The van der Waals surface area contributed by atoms with Gasteiger partial charge in [-0.15, -0.1) is 0 Å². The first kappa shape index (κ1) is 12.4. The van der Waals surface area contributed by atoms with Gasteiger partial charge in [-0.05, 0) is 46.6 Å². The molecule has 2 aromatic carbocycles. The number of benzene rings is 2. The van der Waals surface area contributed by atoms with E-state index < -0.39 is 0 Å². The summed E-state index contributed by atoms with van der Waals surface area (Å²) in [4.78, 5) is 0. The van der Waals surface area contributed by atoms with E-state index >= 15 is 0 Å². The van der Waals surface area contributed by atoms with Crippen LogP contribution < -0.4 is 11.1 Å². The number of rotatable bonds is 4. The summed E-state index contributed by atoms with van der Waals surface area (Å²) in [5.41, 5.74) is 9.17. The van der Waals surface area contributed by atoms with Crippen molar-refractivity contribution in [1.29, 1.82) is 0 Å². The predicted octanol–water partition coefficient (Wildman–Crippen LogP) is 2.60. The van der Waals surface area contributed by atoms with E-state index in [0.29, 0.717) is 29.7 Å². The largest absolute Gasteiger partial charge is 0.397 e. The van der Waals surface area contributed by atoms with Crippen LogP contribution in [0.1, 0.15) is 5.56 Å². The van der Waals surface area contributed by atoms with Crippen molar-refractivity contribution in [1.82, 2.24) is 10.3 Å². The molecule has 20 heavy (non-hydrogen) atoms. The van der Waals surface area contributed by atoms with Crippen LogP contribution in [0.15, 0.2) is 41.0 Å². The summed E-state index contributed by atoms with van der Waals surface area (Å²) in [5.74, 6) is -0.224. The van der Waals surface area contributed by atoms with Gasteiger partial charge in [-0.3, -0.25) is 0 Å². The summed E-state index contributed by atoms with van der Waals surface area (Å²) in [6.45, 7) is 0.648. The highest BCUT2D eigenvalue weighted by Crippen LogP contribution is 2.24. The Morgan fingerprint density at radius 2 is 2.00 bits per heavy atom. The zero-order valence-electron chi connectivity index (χ0n) is 10.6. The van der Waals surface area contributed by atoms with Crippen molar-refractivity contribution >= 4 is 22.4 Å². The molecule has 0 aliphatic rings. The van der Waals surface area contributed by atoms with E-state index in [1.165, 1.54) is 12.1 Å². The van der Waals surface area contributed by atoms with Crippen molar-refractivity contribution in [3.05, 3.63) is 47.8 Å². The zero-order valence-corrected chi connectivity index (χ0v) is 10.6. The molecule has 0 saturated carbocycles. The molecule has 6 heteroatoms. The third kappa shape index (κ3) is 2.40. The Hall–Kier alpha value is -2.63. The van der Waals surface area contributed by atoms with Gasteiger partial charge in [-0.2, -0.15) is 0 Å². The van der Waals surface area contributed by atoms with Crippen LogP contribution >= 0.6 is 0 Å². The second kappa shape index (κ2) is 5.16. The van der Waals surface area contributed by atoms with Gasteiger partial charge in [-0.25, -0.2) is 9.02 Å². The predicted molar refractivity (Wildman–Crippen MR) is 74.8 cm³/mol. The smallest absolute Gasteiger partial charge is 0.160 e. The van der Waals surface area contributed by atoms with E-state index in [4.69, 9.17) is 10.4 Å². The maximum Gasteiger partial charge on any atom is 0.160 e. The summed E-state index contributed by atoms with van der Waals surface area (Å²) in [6.07, 6.45) is 0.703. The third-order valence-electron chi connectivity index (χ3n) is 3.06. The quantitative estimate of drug-likeness (QED) is 0.714. The Morgan fingerprint density at radius 3 is 2.85 bits per heavy atom. The fraction of sp³-hybridized carbons (Fsp3) is 0.143. The van der Waals surface area contributed by atoms with Crippen LogP contribution in [-0.4, -0.2) is 16.9 Å². The standard InChI is InChI=1S/C14H13FN4O/c15-10-3-1-2-9(8-10)6-7-17-12-5-4-11(16)13-14(12)19-20-18-13/h1-5,8,17H,6-7,16H2. The minimum Gasteiger partial charge on any atom is -0.397 e. The fourth-order valence-corrected chi connectivity index (χ4v) is 2.06. The number of hydrogen-bond acceptors (Lipinski definition) is 5. The summed E-state index contributed by atoms with van der Waals surface area (Å²) in [7, 11) is 0. The zero-order chi connectivity index (χ0) is 13.9. The Balaban J connectivity index is 1.71. The second-order valence-corrected chi connectivity index (χ2v) is 4.47. The highest BCUT2D eigenvalue weighted by Gasteiger charge is 2.09. The van der Waals surface area contributed by atoms with Crippen LogP contribution in [0.2, 0.25) is 0 Å². The van der Waals surface area contributed by atoms with E-state index in [1.807, 2.05) is 12.1 Å². The molecule has 0 radical (unpaired) electrons. The van der Waals surface area contributed by atoms with E-state index in [-0.39, 0.29) is 5.82 Å². The number of nitrogens with two attached hydrogens (primary N) is 1. The average Bonchev–Trinajstić information content (AvgIpc) is 2.92. The summed E-state index contributed by atoms with van der Waals surface area (Å²) in [6, 6.07) is 10.1. The van der Waals surface area contributed by atoms with E-state index in [2.05, 4.69) is 15.6 Å². The Bertz CT molecular complexity index is 741. The SMILES string of the molecule is Nc1ccc(NCCc2cccc(F)c2)c2nonc12. The molecule has 102 valence electrons. The number of nitrogens with zero attached hydrogens (tertiary/aromatic N) is 2. The molecule has 0 saturated heterocycles. The molecular formula is C14H13FN4O. The minimum absolute atomic E-state index is 0.224. The molecule has 0 fully saturated rings. The van der Waals surface area contributed by atoms with Crippen molar-refractivity contribution in [3.63, 3.8) is 0 Å². The fourth-order valence-electron chi connectivity index (χ4n) is 2.06. The van der Waals surface area contributed by atoms with Gasteiger partial charge in [0.25, 0.3) is 0 Å².